The number of esters is 1. The molecule has 0 saturated carbocycles. The Morgan fingerprint density at radius 3 is 2.37 bits per heavy atom. The number of anilines is 1. The number of benzene rings is 3. The van der Waals surface area contributed by atoms with Crippen LogP contribution in [0.3, 0.4) is 0 Å². The van der Waals surface area contributed by atoms with E-state index in [9.17, 15) is 19.6 Å². The van der Waals surface area contributed by atoms with Crippen LogP contribution in [0.5, 0.6) is 5.75 Å². The molecule has 4 heterocycles. The van der Waals surface area contributed by atoms with E-state index in [4.69, 9.17) is 65.8 Å². The van der Waals surface area contributed by atoms with E-state index in [1.807, 2.05) is 20.8 Å². The Morgan fingerprint density at radius 2 is 1.72 bits per heavy atom. The van der Waals surface area contributed by atoms with Gasteiger partial charge in [0.05, 0.1) is 42.1 Å². The molecule has 4 aliphatic heterocycles. The number of nitrogens with zero attached hydrogens (tertiary/aromatic N) is 1. The zero-order chi connectivity index (χ0) is 47.4. The molecular weight excluding hydrogens is 895 g/mol. The van der Waals surface area contributed by atoms with Gasteiger partial charge in [0.2, 0.25) is 12.2 Å². The fraction of sp³-hybridized carbons (Fsp3) is 0.522. The average Bonchev–Trinajstić information content (AvgIpc) is 3.92. The van der Waals surface area contributed by atoms with Gasteiger partial charge < -0.3 is 53.3 Å². The maximum Gasteiger partial charge on any atom is 0.511 e. The van der Waals surface area contributed by atoms with Gasteiger partial charge in [0.15, 0.2) is 30.1 Å². The first kappa shape index (κ1) is 48.3. The first-order chi connectivity index (χ1) is 30.5. The third kappa shape index (κ3) is 9.91. The molecule has 4 fully saturated rings. The molecule has 0 radical (unpaired) electrons. The minimum absolute atomic E-state index is 0.00984. The summed E-state index contributed by atoms with van der Waals surface area (Å²) in [6.07, 6.45) is -6.57. The van der Waals surface area contributed by atoms with Crippen LogP contribution in [0.2, 0.25) is 10.0 Å². The highest BCUT2D eigenvalue weighted by molar-refractivity contribution is 6.31. The number of carbonyl (C=O) groups is 3. The molecule has 4 aliphatic rings. The fourth-order valence-electron chi connectivity index (χ4n) is 9.02. The normalized spacial score (nSPS) is 29.4. The average molecular weight is 947 g/mol. The van der Waals surface area contributed by atoms with Crippen LogP contribution in [0.4, 0.5) is 19.3 Å². The summed E-state index contributed by atoms with van der Waals surface area (Å²) in [4.78, 5) is 41.1. The fourth-order valence-corrected chi connectivity index (χ4v) is 9.36. The number of rotatable bonds is 11. The molecule has 19 heteroatoms. The molecule has 0 aliphatic carbocycles. The Balaban J connectivity index is 1.09. The molecule has 4 saturated heterocycles. The minimum Gasteiger partial charge on any atom is -0.495 e. The lowest BCUT2D eigenvalue weighted by Crippen LogP contribution is -2.45. The summed E-state index contributed by atoms with van der Waals surface area (Å²) in [5.41, 5.74) is -2.46. The van der Waals surface area contributed by atoms with Gasteiger partial charge in [-0.05, 0) is 81.5 Å². The SMILES string of the molecule is COc1cc(C(=O)OC(C)OC(=O)O[C@@H]2[C@H]3OC(C)(C)O[C@H]3O[C@@H]2C2COC(C)(C)O2)ccc1NC(=O)[C@@H]1N[C@@H](CC(C)(C)C)[C@](C#N)(c2ccc(Cl)cc2F)[C@H]1c1cccc(Cl)c1F. The molecule has 350 valence electrons. The Morgan fingerprint density at radius 1 is 0.985 bits per heavy atom. The highest BCUT2D eigenvalue weighted by Crippen LogP contribution is 2.53. The van der Waals surface area contributed by atoms with Crippen LogP contribution < -0.4 is 15.4 Å². The second kappa shape index (κ2) is 18.2. The zero-order valence-corrected chi connectivity index (χ0v) is 38.7. The van der Waals surface area contributed by atoms with E-state index in [1.54, 1.807) is 27.7 Å². The lowest BCUT2D eigenvalue weighted by molar-refractivity contribution is -0.234. The standard InChI is InChI=1S/C46H51Cl2F2N3O12/c1-22(60-42(56)62-37-36(31-20-58-44(5,6)63-31)61-41-38(37)64-45(7,8)65-41)59-40(55)23-13-16-29(30(17-23)57-9)52-39(54)35-33(25-11-10-12-27(48)34(25)50)46(21-51,32(53-35)19-43(2,3)4)26-15-14-24(47)18-28(26)49/h10-18,22,31-33,35-38,41,53H,19-20H2,1-9H3,(H,52,54)/t22?,31?,32-,33-,35+,36+,37-,38+,41+,46-/m0/s1. The van der Waals surface area contributed by atoms with Crippen LogP contribution in [0, 0.1) is 28.4 Å². The number of carbonyl (C=O) groups excluding carboxylic acids is 3. The smallest absolute Gasteiger partial charge is 0.495 e. The molecule has 3 aromatic carbocycles. The lowest BCUT2D eigenvalue weighted by atomic mass is 9.62. The number of halogens is 4. The molecule has 0 aromatic heterocycles. The van der Waals surface area contributed by atoms with E-state index in [-0.39, 0.29) is 51.2 Å². The van der Waals surface area contributed by atoms with E-state index in [1.165, 1.54) is 62.6 Å². The molecule has 2 N–H and O–H groups in total. The van der Waals surface area contributed by atoms with E-state index in [2.05, 4.69) is 16.7 Å². The van der Waals surface area contributed by atoms with Crippen molar-refractivity contribution in [1.82, 2.24) is 5.32 Å². The highest BCUT2D eigenvalue weighted by Gasteiger charge is 2.62. The van der Waals surface area contributed by atoms with Crippen LogP contribution in [0.15, 0.2) is 54.6 Å². The molecule has 3 aromatic rings. The van der Waals surface area contributed by atoms with E-state index in [0.717, 1.165) is 6.07 Å². The molecule has 1 amide bonds. The number of methoxy groups -OCH3 is 1. The molecule has 65 heavy (non-hydrogen) atoms. The Bertz CT molecular complexity index is 2380. The van der Waals surface area contributed by atoms with Crippen molar-refractivity contribution in [1.29, 1.82) is 5.26 Å². The highest BCUT2D eigenvalue weighted by atomic mass is 35.5. The third-order valence-corrected chi connectivity index (χ3v) is 12.1. The van der Waals surface area contributed by atoms with Crippen molar-refractivity contribution >= 4 is 46.9 Å². The number of nitrogens with one attached hydrogen (secondary N) is 2. The van der Waals surface area contributed by atoms with E-state index < -0.39 is 107 Å². The summed E-state index contributed by atoms with van der Waals surface area (Å²) in [5.74, 6) is -6.60. The molecule has 15 nitrogen and oxygen atoms in total. The number of ether oxygens (including phenoxy) is 9. The van der Waals surface area contributed by atoms with Crippen molar-refractivity contribution in [2.45, 2.75) is 134 Å². The van der Waals surface area contributed by atoms with Crippen LogP contribution in [0.1, 0.15) is 89.2 Å². The number of hydrogen-bond donors (Lipinski definition) is 2. The molecular formula is C46H51Cl2F2N3O12. The van der Waals surface area contributed by atoms with Gasteiger partial charge in [0.25, 0.3) is 0 Å². The number of amides is 1. The molecule has 0 spiro atoms. The van der Waals surface area contributed by atoms with Gasteiger partial charge >= 0.3 is 12.1 Å². The van der Waals surface area contributed by atoms with Crippen molar-refractivity contribution in [3.8, 4) is 11.8 Å². The number of hydrogen-bond acceptors (Lipinski definition) is 14. The first-order valence-electron chi connectivity index (χ1n) is 20.9. The molecule has 7 rings (SSSR count). The van der Waals surface area contributed by atoms with Gasteiger partial charge in [-0.25, -0.2) is 18.4 Å². The first-order valence-corrected chi connectivity index (χ1v) is 21.7. The molecule has 2 unspecified atom stereocenters. The van der Waals surface area contributed by atoms with Crippen LogP contribution in [0.25, 0.3) is 0 Å². The topological polar surface area (TPSA) is 182 Å². The summed E-state index contributed by atoms with van der Waals surface area (Å²) in [7, 11) is 1.30. The maximum absolute atomic E-state index is 16.2. The summed E-state index contributed by atoms with van der Waals surface area (Å²) < 4.78 is 83.7. The van der Waals surface area contributed by atoms with Crippen molar-refractivity contribution in [3.63, 3.8) is 0 Å². The van der Waals surface area contributed by atoms with Crippen molar-refractivity contribution in [2.24, 2.45) is 5.41 Å². The van der Waals surface area contributed by atoms with Gasteiger partial charge in [-0.3, -0.25) is 4.79 Å². The minimum atomic E-state index is -1.86. The van der Waals surface area contributed by atoms with Crippen molar-refractivity contribution in [2.75, 3.05) is 19.0 Å². The summed E-state index contributed by atoms with van der Waals surface area (Å²) in [6, 6.07) is 12.2. The summed E-state index contributed by atoms with van der Waals surface area (Å²) in [6.45, 7) is 14.1. The van der Waals surface area contributed by atoms with Crippen LogP contribution >= 0.6 is 23.2 Å². The van der Waals surface area contributed by atoms with Crippen LogP contribution in [-0.2, 0) is 48.1 Å². The van der Waals surface area contributed by atoms with Crippen molar-refractivity contribution in [3.05, 3.63) is 93.0 Å². The second-order valence-corrected chi connectivity index (χ2v) is 19.3. The zero-order valence-electron chi connectivity index (χ0n) is 37.2. The quantitative estimate of drug-likeness (QED) is 0.138. The molecule has 0 bridgehead atoms. The third-order valence-electron chi connectivity index (χ3n) is 11.6. The Kier molecular flexibility index (Phi) is 13.5. The summed E-state index contributed by atoms with van der Waals surface area (Å²) in [5, 5.41) is 17.0. The van der Waals surface area contributed by atoms with Gasteiger partial charge in [-0.1, -0.05) is 62.2 Å². The molecule has 10 atom stereocenters. The lowest BCUT2D eigenvalue weighted by Gasteiger charge is -2.37. The van der Waals surface area contributed by atoms with Gasteiger partial charge in [-0.2, -0.15) is 5.26 Å². The maximum atomic E-state index is 16.2. The van der Waals surface area contributed by atoms with Crippen LogP contribution in [-0.4, -0.2) is 92.4 Å². The van der Waals surface area contributed by atoms with Gasteiger partial charge in [-0.15, -0.1) is 0 Å². The Labute approximate surface area is 385 Å². The van der Waals surface area contributed by atoms with Crippen molar-refractivity contribution < 1.29 is 65.8 Å². The predicted molar refractivity (Wildman–Crippen MR) is 229 cm³/mol. The van der Waals surface area contributed by atoms with E-state index in [0.29, 0.717) is 0 Å². The predicted octanol–water partition coefficient (Wildman–Crippen LogP) is 8.29. The number of fused-ring (bicyclic) bond motifs is 1. The summed E-state index contributed by atoms with van der Waals surface area (Å²) >= 11 is 12.4. The second-order valence-electron chi connectivity index (χ2n) is 18.5. The van der Waals surface area contributed by atoms with Gasteiger partial charge in [0, 0.05) is 29.5 Å². The monoisotopic (exact) mass is 945 g/mol. The Hall–Kier alpha value is -4.64. The number of nitriles is 1. The van der Waals surface area contributed by atoms with Gasteiger partial charge in [0.1, 0.15) is 35.0 Å². The van der Waals surface area contributed by atoms with E-state index >= 15 is 8.78 Å². The largest absolute Gasteiger partial charge is 0.511 e.